The third-order valence-corrected chi connectivity index (χ3v) is 4.57. The highest BCUT2D eigenvalue weighted by molar-refractivity contribution is 5.71. The van der Waals surface area contributed by atoms with Gasteiger partial charge in [0.15, 0.2) is 0 Å². The predicted octanol–water partition coefficient (Wildman–Crippen LogP) is 3.10. The lowest BCUT2D eigenvalue weighted by molar-refractivity contribution is -0.384. The summed E-state index contributed by atoms with van der Waals surface area (Å²) < 4.78 is 5.47. The van der Waals surface area contributed by atoms with Gasteiger partial charge in [-0.15, -0.1) is 0 Å². The van der Waals surface area contributed by atoms with Gasteiger partial charge >= 0.3 is 6.09 Å². The van der Waals surface area contributed by atoms with E-state index >= 15 is 0 Å². The minimum Gasteiger partial charge on any atom is -0.444 e. The lowest BCUT2D eigenvalue weighted by Crippen LogP contribution is -2.50. The lowest BCUT2D eigenvalue weighted by atomic mass is 10.1. The molecule has 0 N–H and O–H groups in total. The fourth-order valence-corrected chi connectivity index (χ4v) is 3.58. The Hall–Kier alpha value is -2.31. The topological polar surface area (TPSA) is 75.9 Å². The summed E-state index contributed by atoms with van der Waals surface area (Å²) in [5.74, 6) is 0. The van der Waals surface area contributed by atoms with Gasteiger partial charge in [-0.2, -0.15) is 0 Å². The number of nitrogens with zero attached hydrogens (tertiary/aromatic N) is 3. The number of aryl methyl sites for hydroxylation is 1. The van der Waals surface area contributed by atoms with Crippen molar-refractivity contribution in [2.45, 2.75) is 51.8 Å². The molecule has 2 heterocycles. The highest BCUT2D eigenvalue weighted by Crippen LogP contribution is 2.37. The van der Waals surface area contributed by atoms with Gasteiger partial charge in [0.05, 0.1) is 11.0 Å². The highest BCUT2D eigenvalue weighted by atomic mass is 16.6. The molecule has 1 aromatic carbocycles. The molecule has 2 saturated heterocycles. The summed E-state index contributed by atoms with van der Waals surface area (Å²) in [7, 11) is 0. The van der Waals surface area contributed by atoms with Gasteiger partial charge in [-0.25, -0.2) is 4.79 Å². The van der Waals surface area contributed by atoms with E-state index in [2.05, 4.69) is 4.90 Å². The van der Waals surface area contributed by atoms with Gasteiger partial charge in [-0.3, -0.25) is 10.1 Å². The van der Waals surface area contributed by atoms with Crippen molar-refractivity contribution >= 4 is 17.5 Å². The summed E-state index contributed by atoms with van der Waals surface area (Å²) in [6.07, 6.45) is 0.658. The smallest absolute Gasteiger partial charge is 0.410 e. The Balaban J connectivity index is 1.72. The van der Waals surface area contributed by atoms with Gasteiger partial charge < -0.3 is 14.5 Å². The SMILES string of the molecule is Cc1cc([N+](=O)[O-])ccc1N1C[C@@H]2C[C@H]1CN2C(=O)OC(C)(C)C. The van der Waals surface area contributed by atoms with Crippen molar-refractivity contribution < 1.29 is 14.5 Å². The number of likely N-dealkylation sites (tertiary alicyclic amines) is 1. The number of rotatable bonds is 2. The molecule has 2 fully saturated rings. The van der Waals surface area contributed by atoms with Crippen molar-refractivity contribution in [2.75, 3.05) is 18.0 Å². The zero-order valence-electron chi connectivity index (χ0n) is 14.5. The second-order valence-corrected chi connectivity index (χ2v) is 7.56. The van der Waals surface area contributed by atoms with Crippen LogP contribution in [-0.4, -0.2) is 46.7 Å². The number of piperazine rings is 1. The molecule has 3 rings (SSSR count). The van der Waals surface area contributed by atoms with Gasteiger partial charge in [0.25, 0.3) is 5.69 Å². The monoisotopic (exact) mass is 333 g/mol. The van der Waals surface area contributed by atoms with E-state index in [0.29, 0.717) is 6.54 Å². The fraction of sp³-hybridized carbons (Fsp3) is 0.588. The summed E-state index contributed by atoms with van der Waals surface area (Å²) in [6, 6.07) is 5.33. The van der Waals surface area contributed by atoms with Gasteiger partial charge in [-0.1, -0.05) is 0 Å². The molecule has 0 radical (unpaired) electrons. The third kappa shape index (κ3) is 3.02. The van der Waals surface area contributed by atoms with Crippen molar-refractivity contribution in [3.8, 4) is 0 Å². The summed E-state index contributed by atoms with van der Waals surface area (Å²) in [4.78, 5) is 26.9. The second kappa shape index (κ2) is 5.65. The van der Waals surface area contributed by atoms with Crippen LogP contribution >= 0.6 is 0 Å². The van der Waals surface area contributed by atoms with Crippen LogP contribution in [0.15, 0.2) is 18.2 Å². The van der Waals surface area contributed by atoms with Crippen LogP contribution in [0.3, 0.4) is 0 Å². The average molecular weight is 333 g/mol. The molecular formula is C17H23N3O4. The predicted molar refractivity (Wildman–Crippen MR) is 90.3 cm³/mol. The zero-order chi connectivity index (χ0) is 17.6. The van der Waals surface area contributed by atoms with E-state index in [0.717, 1.165) is 24.2 Å². The number of benzene rings is 1. The van der Waals surface area contributed by atoms with Crippen molar-refractivity contribution in [3.63, 3.8) is 0 Å². The van der Waals surface area contributed by atoms with Crippen LogP contribution < -0.4 is 4.90 Å². The molecule has 7 nitrogen and oxygen atoms in total. The average Bonchev–Trinajstić information content (AvgIpc) is 3.05. The molecule has 1 aromatic rings. The summed E-state index contributed by atoms with van der Waals surface area (Å²) in [6.45, 7) is 8.86. The molecule has 0 aliphatic carbocycles. The van der Waals surface area contributed by atoms with Crippen LogP contribution in [0.1, 0.15) is 32.8 Å². The third-order valence-electron chi connectivity index (χ3n) is 4.57. The zero-order valence-corrected chi connectivity index (χ0v) is 14.5. The van der Waals surface area contributed by atoms with E-state index < -0.39 is 5.60 Å². The fourth-order valence-electron chi connectivity index (χ4n) is 3.58. The Morgan fingerprint density at radius 3 is 2.50 bits per heavy atom. The second-order valence-electron chi connectivity index (χ2n) is 7.56. The maximum atomic E-state index is 12.3. The molecule has 2 atom stereocenters. The first-order valence-corrected chi connectivity index (χ1v) is 8.17. The summed E-state index contributed by atoms with van der Waals surface area (Å²) in [5, 5.41) is 10.9. The van der Waals surface area contributed by atoms with E-state index in [-0.39, 0.29) is 28.8 Å². The number of anilines is 1. The first kappa shape index (κ1) is 16.5. The number of hydrogen-bond acceptors (Lipinski definition) is 5. The molecule has 0 aromatic heterocycles. The van der Waals surface area contributed by atoms with Crippen LogP contribution in [0.25, 0.3) is 0 Å². The Morgan fingerprint density at radius 1 is 1.29 bits per heavy atom. The molecule has 1 amide bonds. The largest absolute Gasteiger partial charge is 0.444 e. The number of carbonyl (C=O) groups excluding carboxylic acids is 1. The van der Waals surface area contributed by atoms with E-state index in [1.807, 2.05) is 38.7 Å². The number of non-ortho nitro benzene ring substituents is 1. The van der Waals surface area contributed by atoms with Crippen molar-refractivity contribution in [3.05, 3.63) is 33.9 Å². The molecule has 130 valence electrons. The lowest BCUT2D eigenvalue weighted by Gasteiger charge is -2.36. The van der Waals surface area contributed by atoms with Crippen LogP contribution in [0, 0.1) is 17.0 Å². The molecule has 0 spiro atoms. The van der Waals surface area contributed by atoms with Crippen LogP contribution in [0.2, 0.25) is 0 Å². The molecule has 7 heteroatoms. The molecule has 2 aliphatic heterocycles. The number of carbonyl (C=O) groups is 1. The molecule has 0 unspecified atom stereocenters. The number of nitro benzene ring substituents is 1. The van der Waals surface area contributed by atoms with E-state index in [9.17, 15) is 14.9 Å². The summed E-state index contributed by atoms with van der Waals surface area (Å²) in [5.41, 5.74) is 1.52. The molecule has 0 saturated carbocycles. The Labute approximate surface area is 141 Å². The van der Waals surface area contributed by atoms with Crippen LogP contribution in [0.4, 0.5) is 16.2 Å². The van der Waals surface area contributed by atoms with Gasteiger partial charge in [0.2, 0.25) is 0 Å². The number of ether oxygens (including phenoxy) is 1. The van der Waals surface area contributed by atoms with Crippen molar-refractivity contribution in [2.24, 2.45) is 0 Å². The maximum Gasteiger partial charge on any atom is 0.410 e. The first-order valence-electron chi connectivity index (χ1n) is 8.17. The molecular weight excluding hydrogens is 310 g/mol. The highest BCUT2D eigenvalue weighted by Gasteiger charge is 2.46. The molecule has 24 heavy (non-hydrogen) atoms. The van der Waals surface area contributed by atoms with Gasteiger partial charge in [-0.05, 0) is 45.7 Å². The van der Waals surface area contributed by atoms with Gasteiger partial charge in [0, 0.05) is 37.0 Å². The molecule has 2 bridgehead atoms. The van der Waals surface area contributed by atoms with Crippen LogP contribution in [0.5, 0.6) is 0 Å². The first-order chi connectivity index (χ1) is 11.2. The number of fused-ring (bicyclic) bond motifs is 2. The Morgan fingerprint density at radius 2 is 2.00 bits per heavy atom. The van der Waals surface area contributed by atoms with Crippen molar-refractivity contribution in [1.29, 1.82) is 0 Å². The standard InChI is InChI=1S/C17H23N3O4/c1-11-7-12(20(22)23)5-6-15(11)18-9-14-8-13(18)10-19(14)16(21)24-17(2,3)4/h5-7,13-14H,8-10H2,1-4H3/t13-,14-/m0/s1. The number of nitro groups is 1. The number of amides is 1. The Bertz CT molecular complexity index is 683. The quantitative estimate of drug-likeness (QED) is 0.614. The van der Waals surface area contributed by atoms with Crippen molar-refractivity contribution in [1.82, 2.24) is 4.90 Å². The van der Waals surface area contributed by atoms with E-state index in [1.54, 1.807) is 12.1 Å². The van der Waals surface area contributed by atoms with E-state index in [1.165, 1.54) is 0 Å². The van der Waals surface area contributed by atoms with E-state index in [4.69, 9.17) is 4.74 Å². The van der Waals surface area contributed by atoms with Gasteiger partial charge in [0.1, 0.15) is 5.60 Å². The Kier molecular flexibility index (Phi) is 3.89. The van der Waals surface area contributed by atoms with Crippen LogP contribution in [-0.2, 0) is 4.74 Å². The normalized spacial score (nSPS) is 22.8. The number of hydrogen-bond donors (Lipinski definition) is 0. The summed E-state index contributed by atoms with van der Waals surface area (Å²) >= 11 is 0. The minimum atomic E-state index is -0.493. The maximum absolute atomic E-state index is 12.3. The minimum absolute atomic E-state index is 0.107. The molecule has 2 aliphatic rings.